The average molecular weight is 321 g/mol. The molecule has 3 heterocycles. The molecule has 1 N–H and O–H groups in total. The first-order valence-electron chi connectivity index (χ1n) is 7.90. The lowest BCUT2D eigenvalue weighted by Crippen LogP contribution is -2.54. The molecule has 5 nitrogen and oxygen atoms in total. The van der Waals surface area contributed by atoms with Crippen molar-refractivity contribution >= 4 is 23.0 Å². The molecule has 0 unspecified atom stereocenters. The second-order valence-corrected chi connectivity index (χ2v) is 7.21. The fraction of sp³-hybridized carbons (Fsp3) is 0.625. The Bertz CT molecular complexity index is 536. The van der Waals surface area contributed by atoms with E-state index in [9.17, 15) is 9.59 Å². The molecule has 2 aliphatic heterocycles. The summed E-state index contributed by atoms with van der Waals surface area (Å²) in [6.07, 6.45) is 3.25. The number of thiophene rings is 1. The first kappa shape index (κ1) is 15.6. The van der Waals surface area contributed by atoms with Gasteiger partial charge in [-0.25, -0.2) is 0 Å². The maximum atomic E-state index is 12.2. The van der Waals surface area contributed by atoms with Crippen LogP contribution in [0.1, 0.15) is 35.4 Å². The Morgan fingerprint density at radius 1 is 1.41 bits per heavy atom. The van der Waals surface area contributed by atoms with Crippen molar-refractivity contribution in [2.45, 2.75) is 31.2 Å². The molecule has 0 atom stereocenters. The van der Waals surface area contributed by atoms with Crippen molar-refractivity contribution in [1.29, 1.82) is 0 Å². The molecule has 2 aliphatic rings. The first-order valence-corrected chi connectivity index (χ1v) is 8.78. The predicted octanol–water partition coefficient (Wildman–Crippen LogP) is 1.56. The van der Waals surface area contributed by atoms with Crippen LogP contribution in [0.25, 0.3) is 0 Å². The highest BCUT2D eigenvalue weighted by atomic mass is 32.1. The smallest absolute Gasteiger partial charge is 0.243 e. The molecule has 0 aromatic carbocycles. The molecule has 120 valence electrons. The van der Waals surface area contributed by atoms with Crippen molar-refractivity contribution in [3.63, 3.8) is 0 Å². The number of hydrogen-bond acceptors (Lipinski definition) is 5. The number of hydrogen-bond donors (Lipinski definition) is 1. The Balaban J connectivity index is 1.41. The molecule has 0 radical (unpaired) electrons. The number of piperidine rings is 1. The Kier molecular flexibility index (Phi) is 4.61. The monoisotopic (exact) mass is 321 g/mol. The van der Waals surface area contributed by atoms with E-state index < -0.39 is 0 Å². The summed E-state index contributed by atoms with van der Waals surface area (Å²) in [5, 5.41) is 5.33. The quantitative estimate of drug-likeness (QED) is 0.837. The van der Waals surface area contributed by atoms with Crippen LogP contribution in [0, 0.1) is 0 Å². The molecule has 2 saturated heterocycles. The molecular weight excluding hydrogens is 298 g/mol. The number of carbonyl (C=O) groups is 2. The molecule has 6 heteroatoms. The number of likely N-dealkylation sites (tertiary alicyclic amines) is 1. The van der Waals surface area contributed by atoms with E-state index >= 15 is 0 Å². The Morgan fingerprint density at radius 2 is 2.18 bits per heavy atom. The molecule has 0 bridgehead atoms. The minimum atomic E-state index is -0.321. The highest BCUT2D eigenvalue weighted by Gasteiger charge is 2.46. The van der Waals surface area contributed by atoms with E-state index in [1.165, 1.54) is 11.3 Å². The van der Waals surface area contributed by atoms with Crippen molar-refractivity contribution in [3.8, 4) is 0 Å². The normalized spacial score (nSPS) is 21.7. The van der Waals surface area contributed by atoms with Gasteiger partial charge < -0.3 is 9.80 Å². The van der Waals surface area contributed by atoms with Crippen molar-refractivity contribution < 1.29 is 9.59 Å². The third kappa shape index (κ3) is 3.09. The maximum Gasteiger partial charge on any atom is 0.243 e. The van der Waals surface area contributed by atoms with Gasteiger partial charge in [-0.2, -0.15) is 0 Å². The molecule has 0 aliphatic carbocycles. The molecule has 1 spiro atoms. The standard InChI is InChI=1S/C16H23N3O2S/c1-18-12-17-16(15(18)21)6-9-19(10-7-16)8-2-4-13(20)14-5-3-11-22-14/h3,5,11,17H,2,4,6-10,12H2,1H3. The van der Waals surface area contributed by atoms with Gasteiger partial charge in [0.05, 0.1) is 11.5 Å². The highest BCUT2D eigenvalue weighted by Crippen LogP contribution is 2.28. The lowest BCUT2D eigenvalue weighted by Gasteiger charge is -2.37. The number of amides is 1. The van der Waals surface area contributed by atoms with E-state index in [1.54, 1.807) is 4.90 Å². The van der Waals surface area contributed by atoms with Gasteiger partial charge in [-0.05, 0) is 37.3 Å². The van der Waals surface area contributed by atoms with Gasteiger partial charge in [0, 0.05) is 26.6 Å². The fourth-order valence-electron chi connectivity index (χ4n) is 3.36. The zero-order valence-corrected chi connectivity index (χ0v) is 13.8. The van der Waals surface area contributed by atoms with Crippen LogP contribution in [-0.4, -0.2) is 60.4 Å². The van der Waals surface area contributed by atoms with Crippen LogP contribution in [0.5, 0.6) is 0 Å². The van der Waals surface area contributed by atoms with Crippen LogP contribution in [0.4, 0.5) is 0 Å². The van der Waals surface area contributed by atoms with Gasteiger partial charge in [0.25, 0.3) is 0 Å². The van der Waals surface area contributed by atoms with Gasteiger partial charge in [0.1, 0.15) is 5.54 Å². The fourth-order valence-corrected chi connectivity index (χ4v) is 4.05. The SMILES string of the molecule is CN1CNC2(CCN(CCCC(=O)c3cccs3)CC2)C1=O. The molecule has 1 aromatic heterocycles. The second-order valence-electron chi connectivity index (χ2n) is 6.27. The van der Waals surface area contributed by atoms with Crippen molar-refractivity contribution in [1.82, 2.24) is 15.1 Å². The molecule has 0 saturated carbocycles. The zero-order chi connectivity index (χ0) is 15.6. The third-order valence-electron chi connectivity index (χ3n) is 4.79. The summed E-state index contributed by atoms with van der Waals surface area (Å²) in [6, 6.07) is 3.82. The van der Waals surface area contributed by atoms with Gasteiger partial charge in [0.15, 0.2) is 5.78 Å². The number of carbonyl (C=O) groups excluding carboxylic acids is 2. The number of likely N-dealkylation sites (N-methyl/N-ethyl adjacent to an activating group) is 1. The highest BCUT2D eigenvalue weighted by molar-refractivity contribution is 7.12. The number of Topliss-reactive ketones (excluding diaryl/α,β-unsaturated/α-hetero) is 1. The Hall–Kier alpha value is -1.24. The summed E-state index contributed by atoms with van der Waals surface area (Å²) in [5.74, 6) is 0.484. The van der Waals surface area contributed by atoms with Gasteiger partial charge >= 0.3 is 0 Å². The van der Waals surface area contributed by atoms with E-state index in [-0.39, 0.29) is 17.2 Å². The van der Waals surface area contributed by atoms with Crippen LogP contribution in [0.3, 0.4) is 0 Å². The van der Waals surface area contributed by atoms with Gasteiger partial charge in [-0.1, -0.05) is 6.07 Å². The summed E-state index contributed by atoms with van der Waals surface area (Å²) in [4.78, 5) is 29.2. The van der Waals surface area contributed by atoms with E-state index in [0.717, 1.165) is 43.8 Å². The lowest BCUT2D eigenvalue weighted by atomic mass is 9.87. The van der Waals surface area contributed by atoms with Crippen molar-refractivity contribution in [2.24, 2.45) is 0 Å². The molecule has 1 aromatic rings. The number of ketones is 1. The van der Waals surface area contributed by atoms with Crippen LogP contribution in [-0.2, 0) is 4.79 Å². The first-order chi connectivity index (χ1) is 10.6. The van der Waals surface area contributed by atoms with Crippen LogP contribution >= 0.6 is 11.3 Å². The molecule has 2 fully saturated rings. The van der Waals surface area contributed by atoms with E-state index in [4.69, 9.17) is 0 Å². The van der Waals surface area contributed by atoms with Crippen molar-refractivity contribution in [3.05, 3.63) is 22.4 Å². The van der Waals surface area contributed by atoms with Crippen LogP contribution in [0.15, 0.2) is 17.5 Å². The van der Waals surface area contributed by atoms with E-state index in [1.807, 2.05) is 24.6 Å². The molecule has 22 heavy (non-hydrogen) atoms. The maximum absolute atomic E-state index is 12.2. The Morgan fingerprint density at radius 3 is 2.77 bits per heavy atom. The van der Waals surface area contributed by atoms with Gasteiger partial charge in [-0.15, -0.1) is 11.3 Å². The lowest BCUT2D eigenvalue weighted by molar-refractivity contribution is -0.132. The summed E-state index contributed by atoms with van der Waals surface area (Å²) >= 11 is 1.52. The summed E-state index contributed by atoms with van der Waals surface area (Å²) in [7, 11) is 1.85. The summed E-state index contributed by atoms with van der Waals surface area (Å²) < 4.78 is 0. The number of rotatable bonds is 5. The minimum Gasteiger partial charge on any atom is -0.331 e. The number of nitrogens with zero attached hydrogens (tertiary/aromatic N) is 2. The van der Waals surface area contributed by atoms with E-state index in [2.05, 4.69) is 10.2 Å². The molecular formula is C16H23N3O2S. The zero-order valence-electron chi connectivity index (χ0n) is 13.0. The second kappa shape index (κ2) is 6.48. The minimum absolute atomic E-state index is 0.236. The third-order valence-corrected chi connectivity index (χ3v) is 5.71. The van der Waals surface area contributed by atoms with Crippen molar-refractivity contribution in [2.75, 3.05) is 33.4 Å². The van der Waals surface area contributed by atoms with E-state index in [0.29, 0.717) is 13.1 Å². The van der Waals surface area contributed by atoms with Crippen LogP contribution < -0.4 is 5.32 Å². The summed E-state index contributed by atoms with van der Waals surface area (Å²) in [5.41, 5.74) is -0.321. The largest absolute Gasteiger partial charge is 0.331 e. The topological polar surface area (TPSA) is 52.6 Å². The number of nitrogens with one attached hydrogen (secondary N) is 1. The van der Waals surface area contributed by atoms with Gasteiger partial charge in [0.2, 0.25) is 5.91 Å². The predicted molar refractivity (Wildman–Crippen MR) is 87.1 cm³/mol. The molecule has 1 amide bonds. The van der Waals surface area contributed by atoms with Crippen LogP contribution in [0.2, 0.25) is 0 Å². The Labute approximate surface area is 135 Å². The average Bonchev–Trinajstić information content (AvgIpc) is 3.15. The van der Waals surface area contributed by atoms with Gasteiger partial charge in [-0.3, -0.25) is 14.9 Å². The molecule has 3 rings (SSSR count). The summed E-state index contributed by atoms with van der Waals surface area (Å²) in [6.45, 7) is 3.46.